The number of amides is 2. The van der Waals surface area contributed by atoms with Gasteiger partial charge in [-0.1, -0.05) is 47.3 Å². The van der Waals surface area contributed by atoms with Crippen molar-refractivity contribution in [1.82, 2.24) is 5.32 Å². The van der Waals surface area contributed by atoms with E-state index in [4.69, 9.17) is 39.1 Å². The smallest absolute Gasteiger partial charge is 0.244 e. The first-order valence-corrected chi connectivity index (χ1v) is 13.4. The fourth-order valence-electron chi connectivity index (χ4n) is 5.78. The molecule has 3 aliphatic rings. The maximum Gasteiger partial charge on any atom is 0.244 e. The molecule has 0 unspecified atom stereocenters. The van der Waals surface area contributed by atoms with Crippen LogP contribution < -0.4 is 15.4 Å². The molecule has 0 bridgehead atoms. The van der Waals surface area contributed by atoms with Gasteiger partial charge in [-0.2, -0.15) is 0 Å². The first-order chi connectivity index (χ1) is 18.9. The van der Waals surface area contributed by atoms with Crippen LogP contribution in [0.4, 0.5) is 5.69 Å². The highest BCUT2D eigenvalue weighted by Crippen LogP contribution is 2.57. The van der Waals surface area contributed by atoms with Gasteiger partial charge in [0, 0.05) is 45.8 Å². The Morgan fingerprint density at radius 1 is 1.00 bits per heavy atom. The zero-order valence-corrected chi connectivity index (χ0v) is 22.3. The van der Waals surface area contributed by atoms with Crippen LogP contribution in [0.5, 0.6) is 5.75 Å². The standard InChI is InChI=1S/C31H24Cl2N2O4/c1-2-18-6-9-27(39-22-10-12-38-13-11-22)23(14-18)29-31(24-8-7-21(33)16-26(24)34-30(31)37)25(17-28(36)35-29)19-4-3-5-20(32)15-19/h1,3-9,14-17,22,29H,10-13H2,(H,34,37)(H,35,36)/t29-,31+/m1/s1. The monoisotopic (exact) mass is 558 g/mol. The molecule has 3 aromatic rings. The number of terminal acetylenes is 1. The number of benzene rings is 3. The molecule has 8 heteroatoms. The second kappa shape index (κ2) is 10.1. The lowest BCUT2D eigenvalue weighted by molar-refractivity contribution is -0.122. The van der Waals surface area contributed by atoms with Crippen LogP contribution in [0.15, 0.2) is 66.7 Å². The Balaban J connectivity index is 1.61. The highest BCUT2D eigenvalue weighted by Gasteiger charge is 2.58. The lowest BCUT2D eigenvalue weighted by Gasteiger charge is -2.42. The summed E-state index contributed by atoms with van der Waals surface area (Å²) >= 11 is 12.7. The molecular weight excluding hydrogens is 535 g/mol. The summed E-state index contributed by atoms with van der Waals surface area (Å²) in [7, 11) is 0. The minimum absolute atomic E-state index is 0.0733. The maximum absolute atomic E-state index is 14.3. The van der Waals surface area contributed by atoms with E-state index in [1.807, 2.05) is 24.3 Å². The van der Waals surface area contributed by atoms with E-state index in [0.29, 0.717) is 62.5 Å². The maximum atomic E-state index is 14.3. The van der Waals surface area contributed by atoms with Crippen LogP contribution in [0.1, 0.15) is 41.1 Å². The molecule has 1 spiro atoms. The van der Waals surface area contributed by atoms with Crippen molar-refractivity contribution in [3.63, 3.8) is 0 Å². The molecule has 0 aliphatic carbocycles. The van der Waals surface area contributed by atoms with Gasteiger partial charge in [0.05, 0.1) is 19.3 Å². The van der Waals surface area contributed by atoms with Crippen molar-refractivity contribution in [2.45, 2.75) is 30.4 Å². The minimum Gasteiger partial charge on any atom is -0.490 e. The predicted octanol–water partition coefficient (Wildman–Crippen LogP) is 5.68. The number of fused-ring (bicyclic) bond motifs is 2. The van der Waals surface area contributed by atoms with E-state index in [2.05, 4.69) is 16.6 Å². The number of nitrogens with one attached hydrogen (secondary N) is 2. The van der Waals surface area contributed by atoms with E-state index < -0.39 is 11.5 Å². The van der Waals surface area contributed by atoms with E-state index >= 15 is 0 Å². The van der Waals surface area contributed by atoms with E-state index in [9.17, 15) is 9.59 Å². The molecule has 2 atom stereocenters. The van der Waals surface area contributed by atoms with Gasteiger partial charge in [0.25, 0.3) is 0 Å². The minimum atomic E-state index is -1.36. The second-order valence-corrected chi connectivity index (χ2v) is 10.7. The molecule has 196 valence electrons. The van der Waals surface area contributed by atoms with Gasteiger partial charge in [0.2, 0.25) is 11.8 Å². The number of halogens is 2. The molecule has 3 aliphatic heterocycles. The lowest BCUT2D eigenvalue weighted by atomic mass is 9.63. The van der Waals surface area contributed by atoms with Crippen LogP contribution in [-0.2, 0) is 19.7 Å². The van der Waals surface area contributed by atoms with Crippen molar-refractivity contribution in [2.75, 3.05) is 18.5 Å². The molecule has 2 amide bonds. The zero-order chi connectivity index (χ0) is 27.1. The van der Waals surface area contributed by atoms with Crippen LogP contribution in [0.3, 0.4) is 0 Å². The van der Waals surface area contributed by atoms with E-state index in [0.717, 1.165) is 12.8 Å². The molecule has 1 saturated heterocycles. The molecule has 6 nitrogen and oxygen atoms in total. The predicted molar refractivity (Wildman–Crippen MR) is 151 cm³/mol. The summed E-state index contributed by atoms with van der Waals surface area (Å²) in [5.41, 5.74) is 2.26. The second-order valence-electron chi connectivity index (χ2n) is 9.79. The number of carbonyl (C=O) groups is 2. The van der Waals surface area contributed by atoms with Crippen molar-refractivity contribution < 1.29 is 19.1 Å². The van der Waals surface area contributed by atoms with Gasteiger partial charge in [-0.05, 0) is 59.2 Å². The highest BCUT2D eigenvalue weighted by atomic mass is 35.5. The number of carbonyl (C=O) groups excluding carboxylic acids is 2. The van der Waals surface area contributed by atoms with Crippen LogP contribution in [0.25, 0.3) is 5.57 Å². The van der Waals surface area contributed by atoms with Gasteiger partial charge >= 0.3 is 0 Å². The Labute approximate surface area is 236 Å². The topological polar surface area (TPSA) is 76.7 Å². The quantitative estimate of drug-likeness (QED) is 0.404. The van der Waals surface area contributed by atoms with Gasteiger partial charge in [0.1, 0.15) is 17.3 Å². The van der Waals surface area contributed by atoms with Crippen molar-refractivity contribution in [2.24, 2.45) is 0 Å². The number of anilines is 1. The van der Waals surface area contributed by atoms with Crippen molar-refractivity contribution in [1.29, 1.82) is 0 Å². The average Bonchev–Trinajstić information content (AvgIpc) is 3.21. The number of rotatable bonds is 4. The molecule has 3 aromatic carbocycles. The summed E-state index contributed by atoms with van der Waals surface area (Å²) in [6.45, 7) is 1.20. The Morgan fingerprint density at radius 2 is 1.79 bits per heavy atom. The number of hydrogen-bond donors (Lipinski definition) is 2. The van der Waals surface area contributed by atoms with Gasteiger partial charge in [-0.15, -0.1) is 6.42 Å². The van der Waals surface area contributed by atoms with Crippen molar-refractivity contribution in [3.8, 4) is 18.1 Å². The van der Waals surface area contributed by atoms with E-state index in [1.165, 1.54) is 6.08 Å². The highest BCUT2D eigenvalue weighted by molar-refractivity contribution is 6.32. The molecule has 0 aromatic heterocycles. The van der Waals surface area contributed by atoms with Gasteiger partial charge in [-0.25, -0.2) is 0 Å². The third-order valence-corrected chi connectivity index (χ3v) is 7.99. The fourth-order valence-corrected chi connectivity index (χ4v) is 6.14. The Kier molecular flexibility index (Phi) is 6.60. The van der Waals surface area contributed by atoms with Crippen LogP contribution in [0, 0.1) is 12.3 Å². The summed E-state index contributed by atoms with van der Waals surface area (Å²) in [6.07, 6.45) is 8.65. The summed E-state index contributed by atoms with van der Waals surface area (Å²) < 4.78 is 12.0. The Bertz CT molecular complexity index is 1570. The number of ether oxygens (including phenoxy) is 2. The van der Waals surface area contributed by atoms with Crippen LogP contribution >= 0.6 is 23.2 Å². The first-order valence-electron chi connectivity index (χ1n) is 12.6. The molecule has 1 fully saturated rings. The van der Waals surface area contributed by atoms with E-state index in [1.54, 1.807) is 36.4 Å². The molecular formula is C31H24Cl2N2O4. The van der Waals surface area contributed by atoms with Crippen LogP contribution in [-0.4, -0.2) is 31.1 Å². The summed E-state index contributed by atoms with van der Waals surface area (Å²) in [4.78, 5) is 27.6. The normalized spacial score (nSPS) is 22.5. The third kappa shape index (κ3) is 4.37. The van der Waals surface area contributed by atoms with Gasteiger partial charge in [-0.3, -0.25) is 9.59 Å². The third-order valence-electron chi connectivity index (χ3n) is 7.52. The summed E-state index contributed by atoms with van der Waals surface area (Å²) in [6, 6.07) is 17.0. The van der Waals surface area contributed by atoms with Gasteiger partial charge in [0.15, 0.2) is 0 Å². The number of hydrogen-bond acceptors (Lipinski definition) is 4. The SMILES string of the molecule is C#Cc1ccc(OC2CCOCC2)c([C@H]2NC(=O)C=C(c3cccc(Cl)c3)[C@]23C(=O)Nc2cc(Cl)ccc23)c1. The molecule has 0 saturated carbocycles. The lowest BCUT2D eigenvalue weighted by Crippen LogP contribution is -2.52. The molecule has 3 heterocycles. The summed E-state index contributed by atoms with van der Waals surface area (Å²) in [5, 5.41) is 7.06. The molecule has 6 rings (SSSR count). The molecule has 39 heavy (non-hydrogen) atoms. The fraction of sp³-hybridized carbons (Fsp3) is 0.226. The summed E-state index contributed by atoms with van der Waals surface area (Å²) in [5.74, 6) is 2.57. The molecule has 0 radical (unpaired) electrons. The molecule has 2 N–H and O–H groups in total. The average molecular weight is 559 g/mol. The first kappa shape index (κ1) is 25.5. The Hall–Kier alpha value is -3.76. The largest absolute Gasteiger partial charge is 0.490 e. The van der Waals surface area contributed by atoms with Gasteiger partial charge < -0.3 is 20.1 Å². The Morgan fingerprint density at radius 3 is 2.56 bits per heavy atom. The van der Waals surface area contributed by atoms with Crippen molar-refractivity contribution in [3.05, 3.63) is 99.0 Å². The van der Waals surface area contributed by atoms with E-state index in [-0.39, 0.29) is 17.9 Å². The van der Waals surface area contributed by atoms with Crippen LogP contribution in [0.2, 0.25) is 10.0 Å². The zero-order valence-electron chi connectivity index (χ0n) is 20.8. The van der Waals surface area contributed by atoms with Crippen molar-refractivity contribution >= 4 is 46.3 Å².